The van der Waals surface area contributed by atoms with Crippen molar-refractivity contribution in [2.75, 3.05) is 7.05 Å². The quantitative estimate of drug-likeness (QED) is 0.693. The topological polar surface area (TPSA) is 28.4 Å². The molecule has 0 aliphatic heterocycles. The zero-order chi connectivity index (χ0) is 16.9. The highest BCUT2D eigenvalue weighted by atomic mass is 32.1. The van der Waals surface area contributed by atoms with Gasteiger partial charge < -0.3 is 14.6 Å². The average molecular weight is 338 g/mol. The van der Waals surface area contributed by atoms with Crippen molar-refractivity contribution >= 4 is 28.3 Å². The molecule has 0 saturated carbocycles. The van der Waals surface area contributed by atoms with Crippen LogP contribution in [0.1, 0.15) is 23.8 Å². The van der Waals surface area contributed by atoms with Crippen LogP contribution >= 0.6 is 12.2 Å². The first kappa shape index (κ1) is 16.5. The third-order valence-corrected chi connectivity index (χ3v) is 4.59. The summed E-state index contributed by atoms with van der Waals surface area (Å²) < 4.78 is 5.97. The molecule has 0 spiro atoms. The fraction of sp³-hybridized carbons (Fsp3) is 0.250. The van der Waals surface area contributed by atoms with Crippen molar-refractivity contribution in [2.45, 2.75) is 26.4 Å². The van der Waals surface area contributed by atoms with Crippen molar-refractivity contribution < 1.29 is 4.42 Å². The minimum Gasteiger partial charge on any atom is -0.461 e. The second kappa shape index (κ2) is 7.49. The zero-order valence-electron chi connectivity index (χ0n) is 14.1. The first-order valence-electron chi connectivity index (χ1n) is 8.21. The van der Waals surface area contributed by atoms with Gasteiger partial charge in [-0.3, -0.25) is 0 Å². The number of furan rings is 1. The number of aryl methyl sites for hydroxylation is 1. The van der Waals surface area contributed by atoms with Gasteiger partial charge >= 0.3 is 0 Å². The van der Waals surface area contributed by atoms with E-state index in [2.05, 4.69) is 35.3 Å². The van der Waals surface area contributed by atoms with Gasteiger partial charge in [-0.2, -0.15) is 0 Å². The van der Waals surface area contributed by atoms with Crippen molar-refractivity contribution in [1.82, 2.24) is 10.2 Å². The Bertz CT molecular complexity index is 826. The lowest BCUT2D eigenvalue weighted by molar-refractivity contribution is 0.473. The number of fused-ring (bicyclic) bond motifs is 1. The number of nitrogens with zero attached hydrogens (tertiary/aromatic N) is 1. The Hall–Kier alpha value is -2.33. The Morgan fingerprint density at radius 3 is 2.54 bits per heavy atom. The van der Waals surface area contributed by atoms with E-state index in [1.165, 1.54) is 16.5 Å². The van der Waals surface area contributed by atoms with Crippen LogP contribution < -0.4 is 5.32 Å². The van der Waals surface area contributed by atoms with Gasteiger partial charge in [0, 0.05) is 37.5 Å². The van der Waals surface area contributed by atoms with Crippen LogP contribution in [0.5, 0.6) is 0 Å². The van der Waals surface area contributed by atoms with E-state index in [0.717, 1.165) is 36.0 Å². The largest absolute Gasteiger partial charge is 0.461 e. The predicted molar refractivity (Wildman–Crippen MR) is 103 cm³/mol. The summed E-state index contributed by atoms with van der Waals surface area (Å²) in [5, 5.41) is 5.24. The first-order chi connectivity index (χ1) is 11.7. The van der Waals surface area contributed by atoms with Crippen molar-refractivity contribution in [3.8, 4) is 0 Å². The summed E-state index contributed by atoms with van der Waals surface area (Å²) in [6.45, 7) is 3.59. The summed E-state index contributed by atoms with van der Waals surface area (Å²) in [6.07, 6.45) is 0.877. The average Bonchev–Trinajstić information content (AvgIpc) is 2.98. The van der Waals surface area contributed by atoms with Gasteiger partial charge in [0.15, 0.2) is 5.11 Å². The maximum absolute atomic E-state index is 5.97. The summed E-state index contributed by atoms with van der Waals surface area (Å²) in [4.78, 5) is 2.06. The number of hydrogen-bond donors (Lipinski definition) is 1. The van der Waals surface area contributed by atoms with Crippen LogP contribution in [-0.2, 0) is 19.5 Å². The third-order valence-electron chi connectivity index (χ3n) is 4.13. The molecule has 0 unspecified atom stereocenters. The second-order valence-electron chi connectivity index (χ2n) is 5.85. The Kier molecular flexibility index (Phi) is 5.16. The van der Waals surface area contributed by atoms with E-state index in [4.69, 9.17) is 16.6 Å². The summed E-state index contributed by atoms with van der Waals surface area (Å²) in [7, 11) is 2.02. The molecule has 0 fully saturated rings. The van der Waals surface area contributed by atoms with Crippen LogP contribution in [0.15, 0.2) is 59.0 Å². The molecule has 3 aromatic rings. The number of benzene rings is 2. The Morgan fingerprint density at radius 2 is 1.79 bits per heavy atom. The first-order valence-corrected chi connectivity index (χ1v) is 8.62. The highest BCUT2D eigenvalue weighted by Crippen LogP contribution is 2.27. The van der Waals surface area contributed by atoms with Crippen LogP contribution in [0.4, 0.5) is 0 Å². The van der Waals surface area contributed by atoms with Crippen molar-refractivity contribution in [3.05, 3.63) is 71.5 Å². The molecular formula is C20H22N2OS. The minimum atomic E-state index is 0.733. The Balaban J connectivity index is 1.70. The monoisotopic (exact) mass is 338 g/mol. The highest BCUT2D eigenvalue weighted by Gasteiger charge is 2.15. The van der Waals surface area contributed by atoms with Crippen LogP contribution in [0.2, 0.25) is 0 Å². The molecule has 4 heteroatoms. The number of hydrogen-bond acceptors (Lipinski definition) is 2. The van der Waals surface area contributed by atoms with Gasteiger partial charge in [0.1, 0.15) is 11.3 Å². The van der Waals surface area contributed by atoms with E-state index >= 15 is 0 Å². The fourth-order valence-corrected chi connectivity index (χ4v) is 2.96. The van der Waals surface area contributed by atoms with E-state index in [1.807, 2.05) is 43.4 Å². The standard InChI is InChI=1S/C20H22N2OS/c1-3-18-17(16-11-7-8-12-19(16)23-18)14-22(2)20(24)21-13-15-9-5-4-6-10-15/h4-12H,3,13-14H2,1-2H3,(H,21,24). The Labute approximate surface area is 148 Å². The normalized spacial score (nSPS) is 10.8. The molecule has 1 N–H and O–H groups in total. The third kappa shape index (κ3) is 3.60. The number of rotatable bonds is 5. The molecule has 0 atom stereocenters. The molecule has 0 saturated heterocycles. The minimum absolute atomic E-state index is 0.733. The highest BCUT2D eigenvalue weighted by molar-refractivity contribution is 7.80. The van der Waals surface area contributed by atoms with Gasteiger partial charge in [-0.05, 0) is 23.8 Å². The van der Waals surface area contributed by atoms with E-state index in [1.54, 1.807) is 0 Å². The molecule has 1 heterocycles. The van der Waals surface area contributed by atoms with E-state index in [-0.39, 0.29) is 0 Å². The smallest absolute Gasteiger partial charge is 0.169 e. The van der Waals surface area contributed by atoms with Crippen LogP contribution in [-0.4, -0.2) is 17.1 Å². The van der Waals surface area contributed by atoms with Gasteiger partial charge in [-0.15, -0.1) is 0 Å². The van der Waals surface area contributed by atoms with Crippen LogP contribution in [0, 0.1) is 0 Å². The van der Waals surface area contributed by atoms with Crippen LogP contribution in [0.25, 0.3) is 11.0 Å². The molecule has 0 bridgehead atoms. The fourth-order valence-electron chi connectivity index (χ4n) is 2.83. The molecule has 124 valence electrons. The lowest BCUT2D eigenvalue weighted by Crippen LogP contribution is -2.36. The summed E-state index contributed by atoms with van der Waals surface area (Å²) in [6, 6.07) is 18.5. The maximum atomic E-state index is 5.97. The molecule has 0 amide bonds. The van der Waals surface area contributed by atoms with Crippen molar-refractivity contribution in [3.63, 3.8) is 0 Å². The molecule has 0 aliphatic carbocycles. The second-order valence-corrected chi connectivity index (χ2v) is 6.24. The molecule has 0 radical (unpaired) electrons. The van der Waals surface area contributed by atoms with Crippen molar-refractivity contribution in [2.24, 2.45) is 0 Å². The molecule has 2 aromatic carbocycles. The molecule has 0 aliphatic rings. The molecule has 3 nitrogen and oxygen atoms in total. The summed E-state index contributed by atoms with van der Waals surface area (Å²) >= 11 is 5.54. The summed E-state index contributed by atoms with van der Waals surface area (Å²) in [5.41, 5.74) is 3.39. The van der Waals surface area contributed by atoms with Gasteiger partial charge in [-0.25, -0.2) is 0 Å². The maximum Gasteiger partial charge on any atom is 0.169 e. The lowest BCUT2D eigenvalue weighted by atomic mass is 10.1. The molecular weight excluding hydrogens is 316 g/mol. The van der Waals surface area contributed by atoms with Gasteiger partial charge in [0.2, 0.25) is 0 Å². The van der Waals surface area contributed by atoms with E-state index in [0.29, 0.717) is 0 Å². The summed E-state index contributed by atoms with van der Waals surface area (Å²) in [5.74, 6) is 1.04. The molecule has 3 rings (SSSR count). The van der Waals surface area contributed by atoms with E-state index < -0.39 is 0 Å². The van der Waals surface area contributed by atoms with Gasteiger partial charge in [0.25, 0.3) is 0 Å². The van der Waals surface area contributed by atoms with Gasteiger partial charge in [-0.1, -0.05) is 55.5 Å². The Morgan fingerprint density at radius 1 is 1.08 bits per heavy atom. The predicted octanol–water partition coefficient (Wildman–Crippen LogP) is 4.50. The van der Waals surface area contributed by atoms with Gasteiger partial charge in [0.05, 0.1) is 0 Å². The van der Waals surface area contributed by atoms with Crippen LogP contribution in [0.3, 0.4) is 0 Å². The molecule has 1 aromatic heterocycles. The lowest BCUT2D eigenvalue weighted by Gasteiger charge is -2.21. The number of nitrogens with one attached hydrogen (secondary N) is 1. The molecule has 24 heavy (non-hydrogen) atoms. The number of para-hydroxylation sites is 1. The zero-order valence-corrected chi connectivity index (χ0v) is 14.9. The number of thiocarbonyl (C=S) groups is 1. The SMILES string of the molecule is CCc1oc2ccccc2c1CN(C)C(=S)NCc1ccccc1. The van der Waals surface area contributed by atoms with Crippen molar-refractivity contribution in [1.29, 1.82) is 0 Å². The van der Waals surface area contributed by atoms with E-state index in [9.17, 15) is 0 Å².